The van der Waals surface area contributed by atoms with E-state index in [1.165, 1.54) is 12.1 Å². The van der Waals surface area contributed by atoms with Crippen LogP contribution in [0.5, 0.6) is 5.75 Å². The summed E-state index contributed by atoms with van der Waals surface area (Å²) in [4.78, 5) is 26.0. The standard InChI is InChI=1S/C16H9Cl2NO3S/c17-10-2-4-11(5-3-10)19-15(21)14(23-16(19)22)8-9-1-6-13(20)12(18)7-9/h1-8,20H/b14-8-. The van der Waals surface area contributed by atoms with Crippen LogP contribution in [0.3, 0.4) is 0 Å². The quantitative estimate of drug-likeness (QED) is 0.765. The van der Waals surface area contributed by atoms with E-state index >= 15 is 0 Å². The molecule has 1 aliphatic heterocycles. The lowest BCUT2D eigenvalue weighted by atomic mass is 10.2. The minimum absolute atomic E-state index is 0.0434. The highest BCUT2D eigenvalue weighted by Gasteiger charge is 2.36. The Morgan fingerprint density at radius 3 is 2.39 bits per heavy atom. The van der Waals surface area contributed by atoms with Crippen LogP contribution in [0.25, 0.3) is 6.08 Å². The average molecular weight is 366 g/mol. The molecular weight excluding hydrogens is 357 g/mol. The van der Waals surface area contributed by atoms with Gasteiger partial charge in [0.1, 0.15) is 5.75 Å². The molecule has 0 saturated carbocycles. The van der Waals surface area contributed by atoms with Crippen LogP contribution < -0.4 is 4.90 Å². The lowest BCUT2D eigenvalue weighted by molar-refractivity contribution is -0.113. The third kappa shape index (κ3) is 3.22. The second-order valence-electron chi connectivity index (χ2n) is 4.70. The molecule has 1 aliphatic rings. The summed E-state index contributed by atoms with van der Waals surface area (Å²) in [5.74, 6) is -0.454. The Hall–Kier alpha value is -1.95. The predicted molar refractivity (Wildman–Crippen MR) is 93.0 cm³/mol. The molecule has 2 amide bonds. The highest BCUT2D eigenvalue weighted by Crippen LogP contribution is 2.36. The van der Waals surface area contributed by atoms with Crippen LogP contribution >= 0.6 is 35.0 Å². The molecule has 7 heteroatoms. The molecular formula is C16H9Cl2NO3S. The molecule has 0 aliphatic carbocycles. The molecule has 23 heavy (non-hydrogen) atoms. The number of benzene rings is 2. The van der Waals surface area contributed by atoms with Crippen LogP contribution in [-0.2, 0) is 4.79 Å². The fraction of sp³-hybridized carbons (Fsp3) is 0. The number of anilines is 1. The van der Waals surface area contributed by atoms with Crippen molar-refractivity contribution in [3.8, 4) is 5.75 Å². The Morgan fingerprint density at radius 2 is 1.74 bits per heavy atom. The first-order valence-corrected chi connectivity index (χ1v) is 8.05. The molecule has 1 fully saturated rings. The van der Waals surface area contributed by atoms with Crippen LogP contribution in [0.15, 0.2) is 47.4 Å². The van der Waals surface area contributed by atoms with Crippen molar-refractivity contribution in [1.29, 1.82) is 0 Å². The monoisotopic (exact) mass is 365 g/mol. The first-order chi connectivity index (χ1) is 11.0. The maximum absolute atomic E-state index is 12.5. The molecule has 3 rings (SSSR count). The van der Waals surface area contributed by atoms with Crippen LogP contribution in [-0.4, -0.2) is 16.3 Å². The van der Waals surface area contributed by atoms with Crippen LogP contribution in [0.2, 0.25) is 10.0 Å². The Bertz CT molecular complexity index is 834. The van der Waals surface area contributed by atoms with Gasteiger partial charge in [-0.05, 0) is 59.8 Å². The summed E-state index contributed by atoms with van der Waals surface area (Å²) in [5, 5.41) is 9.73. The van der Waals surface area contributed by atoms with Gasteiger partial charge in [0.15, 0.2) is 0 Å². The summed E-state index contributed by atoms with van der Waals surface area (Å²) >= 11 is 12.5. The van der Waals surface area contributed by atoms with Crippen LogP contribution in [0.4, 0.5) is 10.5 Å². The van der Waals surface area contributed by atoms with Gasteiger partial charge in [-0.25, -0.2) is 4.90 Å². The molecule has 0 bridgehead atoms. The number of aromatic hydroxyl groups is 1. The van der Waals surface area contributed by atoms with Gasteiger partial charge in [-0.1, -0.05) is 29.3 Å². The zero-order valence-electron chi connectivity index (χ0n) is 11.5. The third-order valence-electron chi connectivity index (χ3n) is 3.15. The number of carbonyl (C=O) groups is 2. The van der Waals surface area contributed by atoms with Crippen LogP contribution in [0.1, 0.15) is 5.56 Å². The first kappa shape index (κ1) is 15.9. The topological polar surface area (TPSA) is 57.6 Å². The van der Waals surface area contributed by atoms with Gasteiger partial charge < -0.3 is 5.11 Å². The Balaban J connectivity index is 1.92. The lowest BCUT2D eigenvalue weighted by Gasteiger charge is -2.12. The minimum Gasteiger partial charge on any atom is -0.506 e. The van der Waals surface area contributed by atoms with Gasteiger partial charge in [0.05, 0.1) is 15.6 Å². The van der Waals surface area contributed by atoms with Gasteiger partial charge in [-0.15, -0.1) is 0 Å². The number of hydrogen-bond acceptors (Lipinski definition) is 4. The number of thioether (sulfide) groups is 1. The summed E-state index contributed by atoms with van der Waals surface area (Å²) in [7, 11) is 0. The van der Waals surface area contributed by atoms with Gasteiger partial charge in [0.25, 0.3) is 11.1 Å². The van der Waals surface area contributed by atoms with E-state index in [1.807, 2.05) is 0 Å². The van der Waals surface area contributed by atoms with Gasteiger partial charge >= 0.3 is 0 Å². The fourth-order valence-electron chi connectivity index (χ4n) is 2.04. The molecule has 1 saturated heterocycles. The van der Waals surface area contributed by atoms with Gasteiger partial charge in [-0.3, -0.25) is 9.59 Å². The minimum atomic E-state index is -0.411. The molecule has 0 atom stereocenters. The largest absolute Gasteiger partial charge is 0.506 e. The number of phenolic OH excluding ortho intramolecular Hbond substituents is 1. The van der Waals surface area contributed by atoms with Crippen molar-refractivity contribution in [3.05, 3.63) is 63.0 Å². The van der Waals surface area contributed by atoms with Gasteiger partial charge in [-0.2, -0.15) is 0 Å². The molecule has 4 nitrogen and oxygen atoms in total. The summed E-state index contributed by atoms with van der Waals surface area (Å²) in [6.07, 6.45) is 1.56. The number of phenols is 1. The number of nitrogens with zero attached hydrogens (tertiary/aromatic N) is 1. The summed E-state index contributed by atoms with van der Waals surface area (Å²) < 4.78 is 0. The third-order valence-corrected chi connectivity index (χ3v) is 4.57. The van der Waals surface area contributed by atoms with Crippen LogP contribution in [0, 0.1) is 0 Å². The second-order valence-corrected chi connectivity index (χ2v) is 6.54. The number of rotatable bonds is 2. The van der Waals surface area contributed by atoms with Crippen molar-refractivity contribution in [3.63, 3.8) is 0 Å². The second kappa shape index (κ2) is 6.28. The van der Waals surface area contributed by atoms with Crippen molar-refractivity contribution in [2.45, 2.75) is 0 Å². The smallest absolute Gasteiger partial charge is 0.298 e. The Labute approximate surface area is 146 Å². The molecule has 0 aromatic heterocycles. The molecule has 2 aromatic carbocycles. The van der Waals surface area contributed by atoms with E-state index in [0.29, 0.717) is 16.3 Å². The number of imide groups is 1. The average Bonchev–Trinajstić information content (AvgIpc) is 2.79. The van der Waals surface area contributed by atoms with Crippen molar-refractivity contribution in [2.75, 3.05) is 4.90 Å². The number of halogens is 2. The van der Waals surface area contributed by atoms with Crippen molar-refractivity contribution >= 4 is 57.9 Å². The van der Waals surface area contributed by atoms with E-state index < -0.39 is 5.91 Å². The number of hydrogen-bond donors (Lipinski definition) is 1. The van der Waals surface area contributed by atoms with Crippen molar-refractivity contribution < 1.29 is 14.7 Å². The summed E-state index contributed by atoms with van der Waals surface area (Å²) in [6, 6.07) is 11.0. The maximum Gasteiger partial charge on any atom is 0.298 e. The van der Waals surface area contributed by atoms with E-state index in [-0.39, 0.29) is 20.9 Å². The van der Waals surface area contributed by atoms with Gasteiger partial charge in [0.2, 0.25) is 0 Å². The number of carbonyl (C=O) groups excluding carboxylic acids is 2. The highest BCUT2D eigenvalue weighted by molar-refractivity contribution is 8.19. The predicted octanol–water partition coefficient (Wildman–Crippen LogP) is 4.94. The maximum atomic E-state index is 12.5. The summed E-state index contributed by atoms with van der Waals surface area (Å²) in [5.41, 5.74) is 1.08. The normalized spacial score (nSPS) is 16.4. The molecule has 1 heterocycles. The Kier molecular flexibility index (Phi) is 4.35. The summed E-state index contributed by atoms with van der Waals surface area (Å²) in [6.45, 7) is 0. The SMILES string of the molecule is O=C1S/C(=C\c2ccc(O)c(Cl)c2)C(=O)N1c1ccc(Cl)cc1. The zero-order chi connectivity index (χ0) is 16.6. The van der Waals surface area contributed by atoms with Crippen molar-refractivity contribution in [2.24, 2.45) is 0 Å². The van der Waals surface area contributed by atoms with Crippen molar-refractivity contribution in [1.82, 2.24) is 0 Å². The molecule has 0 unspecified atom stereocenters. The van der Waals surface area contributed by atoms with E-state index in [4.69, 9.17) is 23.2 Å². The van der Waals surface area contributed by atoms with E-state index in [1.54, 1.807) is 36.4 Å². The first-order valence-electron chi connectivity index (χ1n) is 6.48. The fourth-order valence-corrected chi connectivity index (χ4v) is 3.20. The molecule has 2 aromatic rings. The molecule has 0 radical (unpaired) electrons. The van der Waals surface area contributed by atoms with E-state index in [2.05, 4.69) is 0 Å². The Morgan fingerprint density at radius 1 is 1.04 bits per heavy atom. The van der Waals surface area contributed by atoms with Gasteiger partial charge in [0, 0.05) is 5.02 Å². The molecule has 116 valence electrons. The van der Waals surface area contributed by atoms with E-state index in [0.717, 1.165) is 16.7 Å². The van der Waals surface area contributed by atoms with E-state index in [9.17, 15) is 14.7 Å². The molecule has 0 spiro atoms. The molecule has 1 N–H and O–H groups in total. The zero-order valence-corrected chi connectivity index (χ0v) is 13.8. The lowest BCUT2D eigenvalue weighted by Crippen LogP contribution is -2.27. The highest BCUT2D eigenvalue weighted by atomic mass is 35.5. The number of amides is 2.